The van der Waals surface area contributed by atoms with E-state index >= 15 is 0 Å². The molecular formula is C18H29NO. The third-order valence-electron chi connectivity index (χ3n) is 4.29. The van der Waals surface area contributed by atoms with Crippen LogP contribution < -0.4 is 10.1 Å². The van der Waals surface area contributed by atoms with Gasteiger partial charge in [0.25, 0.3) is 0 Å². The second-order valence-electron chi connectivity index (χ2n) is 6.32. The maximum Gasteiger partial charge on any atom is 0.120 e. The zero-order valence-electron chi connectivity index (χ0n) is 13.2. The molecule has 2 heteroatoms. The number of hydrogen-bond acceptors (Lipinski definition) is 2. The van der Waals surface area contributed by atoms with E-state index in [1.54, 1.807) is 0 Å². The van der Waals surface area contributed by atoms with Crippen LogP contribution in [0.4, 0.5) is 0 Å². The molecule has 1 saturated carbocycles. The van der Waals surface area contributed by atoms with Gasteiger partial charge in [-0.1, -0.05) is 25.5 Å². The van der Waals surface area contributed by atoms with Crippen molar-refractivity contribution in [2.24, 2.45) is 5.92 Å². The van der Waals surface area contributed by atoms with Gasteiger partial charge in [0.05, 0.1) is 6.10 Å². The molecule has 1 N–H and O–H groups in total. The lowest BCUT2D eigenvalue weighted by Crippen LogP contribution is -2.32. The van der Waals surface area contributed by atoms with Crippen LogP contribution in [0.2, 0.25) is 0 Å². The first-order valence-electron chi connectivity index (χ1n) is 8.16. The van der Waals surface area contributed by atoms with Crippen LogP contribution in [0.3, 0.4) is 0 Å². The maximum atomic E-state index is 5.75. The molecule has 0 bridgehead atoms. The molecule has 1 aromatic rings. The minimum absolute atomic E-state index is 0.238. The standard InChI is InChI=1S/C18H29NO/c1-4-15-8-10-17(11-9-15)19-13-16-6-5-7-18(12-16)20-14(2)3/h5-7,12,14-15,17,19H,4,8-11,13H2,1-3H3. The van der Waals surface area contributed by atoms with Crippen LogP contribution in [0.15, 0.2) is 24.3 Å². The molecule has 2 nitrogen and oxygen atoms in total. The van der Waals surface area contributed by atoms with Crippen LogP contribution in [0, 0.1) is 5.92 Å². The summed E-state index contributed by atoms with van der Waals surface area (Å²) >= 11 is 0. The molecule has 1 aromatic carbocycles. The fourth-order valence-electron chi connectivity index (χ4n) is 3.04. The Balaban J connectivity index is 1.79. The van der Waals surface area contributed by atoms with Gasteiger partial charge in [-0.2, -0.15) is 0 Å². The summed E-state index contributed by atoms with van der Waals surface area (Å²) in [4.78, 5) is 0. The first-order valence-corrected chi connectivity index (χ1v) is 8.16. The molecule has 0 unspecified atom stereocenters. The Kier molecular flexibility index (Phi) is 5.90. The highest BCUT2D eigenvalue weighted by Gasteiger charge is 2.19. The van der Waals surface area contributed by atoms with Crippen molar-refractivity contribution in [1.29, 1.82) is 0 Å². The molecule has 112 valence electrons. The number of benzene rings is 1. The molecule has 1 fully saturated rings. The van der Waals surface area contributed by atoms with Crippen LogP contribution in [0.1, 0.15) is 58.4 Å². The fraction of sp³-hybridized carbons (Fsp3) is 0.667. The van der Waals surface area contributed by atoms with Crippen molar-refractivity contribution < 1.29 is 4.74 Å². The predicted octanol–water partition coefficient (Wildman–Crippen LogP) is 4.53. The zero-order chi connectivity index (χ0) is 14.4. The summed E-state index contributed by atoms with van der Waals surface area (Å²) in [5.41, 5.74) is 1.32. The van der Waals surface area contributed by atoms with Crippen LogP contribution in [0.25, 0.3) is 0 Å². The maximum absolute atomic E-state index is 5.75. The van der Waals surface area contributed by atoms with E-state index in [-0.39, 0.29) is 6.10 Å². The summed E-state index contributed by atoms with van der Waals surface area (Å²) < 4.78 is 5.75. The van der Waals surface area contributed by atoms with E-state index in [2.05, 4.69) is 44.3 Å². The van der Waals surface area contributed by atoms with E-state index in [0.717, 1.165) is 18.2 Å². The topological polar surface area (TPSA) is 21.3 Å². The van der Waals surface area contributed by atoms with Crippen LogP contribution >= 0.6 is 0 Å². The summed E-state index contributed by atoms with van der Waals surface area (Å²) in [5.74, 6) is 1.95. The first-order chi connectivity index (χ1) is 9.67. The quantitative estimate of drug-likeness (QED) is 0.823. The highest BCUT2D eigenvalue weighted by molar-refractivity contribution is 5.28. The summed E-state index contributed by atoms with van der Waals surface area (Å²) in [6.45, 7) is 7.41. The highest BCUT2D eigenvalue weighted by Crippen LogP contribution is 2.26. The smallest absolute Gasteiger partial charge is 0.120 e. The SMILES string of the molecule is CCC1CCC(NCc2cccc(OC(C)C)c2)CC1. The minimum Gasteiger partial charge on any atom is -0.491 e. The Morgan fingerprint density at radius 3 is 2.60 bits per heavy atom. The number of hydrogen-bond donors (Lipinski definition) is 1. The van der Waals surface area contributed by atoms with Crippen molar-refractivity contribution in [3.8, 4) is 5.75 Å². The summed E-state index contributed by atoms with van der Waals surface area (Å²) in [6.07, 6.45) is 7.04. The van der Waals surface area contributed by atoms with Crippen molar-refractivity contribution in [2.45, 2.75) is 71.6 Å². The molecule has 0 aliphatic heterocycles. The molecule has 0 atom stereocenters. The van der Waals surface area contributed by atoms with E-state index in [1.807, 2.05) is 6.07 Å². The molecule has 1 aliphatic carbocycles. The number of nitrogens with one attached hydrogen (secondary N) is 1. The van der Waals surface area contributed by atoms with Crippen LogP contribution in [-0.2, 0) is 6.54 Å². The summed E-state index contributed by atoms with van der Waals surface area (Å²) in [6, 6.07) is 9.16. The molecule has 20 heavy (non-hydrogen) atoms. The second kappa shape index (κ2) is 7.68. The van der Waals surface area contributed by atoms with E-state index in [9.17, 15) is 0 Å². The van der Waals surface area contributed by atoms with Crippen molar-refractivity contribution in [3.05, 3.63) is 29.8 Å². The van der Waals surface area contributed by atoms with E-state index in [0.29, 0.717) is 6.04 Å². The Bertz CT molecular complexity index is 394. The molecule has 0 saturated heterocycles. The predicted molar refractivity (Wildman–Crippen MR) is 85.1 cm³/mol. The number of rotatable bonds is 6. The third kappa shape index (κ3) is 4.82. The van der Waals surface area contributed by atoms with Crippen LogP contribution in [-0.4, -0.2) is 12.1 Å². The molecule has 0 amide bonds. The van der Waals surface area contributed by atoms with Crippen molar-refractivity contribution in [2.75, 3.05) is 0 Å². The lowest BCUT2D eigenvalue weighted by atomic mass is 9.84. The Morgan fingerprint density at radius 1 is 1.20 bits per heavy atom. The first kappa shape index (κ1) is 15.4. The molecule has 0 aromatic heterocycles. The Hall–Kier alpha value is -1.02. The Morgan fingerprint density at radius 2 is 1.95 bits per heavy atom. The molecule has 0 heterocycles. The highest BCUT2D eigenvalue weighted by atomic mass is 16.5. The van der Waals surface area contributed by atoms with Gasteiger partial charge < -0.3 is 10.1 Å². The zero-order valence-corrected chi connectivity index (χ0v) is 13.2. The lowest BCUT2D eigenvalue weighted by molar-refractivity contribution is 0.242. The normalized spacial score (nSPS) is 23.0. The molecular weight excluding hydrogens is 246 g/mol. The molecule has 0 radical (unpaired) electrons. The van der Waals surface area contributed by atoms with Gasteiger partial charge in [-0.25, -0.2) is 0 Å². The molecule has 0 spiro atoms. The molecule has 2 rings (SSSR count). The largest absolute Gasteiger partial charge is 0.491 e. The van der Waals surface area contributed by atoms with Crippen molar-refractivity contribution in [3.63, 3.8) is 0 Å². The minimum atomic E-state index is 0.238. The average Bonchev–Trinajstić information content (AvgIpc) is 2.45. The van der Waals surface area contributed by atoms with Crippen molar-refractivity contribution in [1.82, 2.24) is 5.32 Å². The summed E-state index contributed by atoms with van der Waals surface area (Å²) in [7, 11) is 0. The van der Waals surface area contributed by atoms with E-state index in [1.165, 1.54) is 37.7 Å². The Labute approximate surface area is 123 Å². The van der Waals surface area contributed by atoms with Gasteiger partial charge in [0.15, 0.2) is 0 Å². The lowest BCUT2D eigenvalue weighted by Gasteiger charge is -2.28. The van der Waals surface area contributed by atoms with Gasteiger partial charge in [-0.05, 0) is 63.1 Å². The van der Waals surface area contributed by atoms with Gasteiger partial charge in [-0.3, -0.25) is 0 Å². The summed E-state index contributed by atoms with van der Waals surface area (Å²) in [5, 5.41) is 3.71. The monoisotopic (exact) mass is 275 g/mol. The third-order valence-corrected chi connectivity index (χ3v) is 4.29. The molecule has 1 aliphatic rings. The van der Waals surface area contributed by atoms with Gasteiger partial charge in [-0.15, -0.1) is 0 Å². The second-order valence-corrected chi connectivity index (χ2v) is 6.32. The van der Waals surface area contributed by atoms with Gasteiger partial charge >= 0.3 is 0 Å². The van der Waals surface area contributed by atoms with E-state index in [4.69, 9.17) is 4.74 Å². The van der Waals surface area contributed by atoms with E-state index < -0.39 is 0 Å². The average molecular weight is 275 g/mol. The van der Waals surface area contributed by atoms with Crippen LogP contribution in [0.5, 0.6) is 5.75 Å². The number of ether oxygens (including phenoxy) is 1. The van der Waals surface area contributed by atoms with Crippen molar-refractivity contribution >= 4 is 0 Å². The fourth-order valence-corrected chi connectivity index (χ4v) is 3.04. The van der Waals surface area contributed by atoms with Gasteiger partial charge in [0.1, 0.15) is 5.75 Å². The van der Waals surface area contributed by atoms with Gasteiger partial charge in [0, 0.05) is 12.6 Å². The van der Waals surface area contributed by atoms with Gasteiger partial charge in [0.2, 0.25) is 0 Å².